The van der Waals surface area contributed by atoms with Crippen molar-refractivity contribution in [1.29, 1.82) is 0 Å². The van der Waals surface area contributed by atoms with Gasteiger partial charge in [0.05, 0.1) is 13.3 Å². The first-order chi connectivity index (χ1) is 17.4. The number of aromatic nitrogens is 1. The second-order valence-corrected chi connectivity index (χ2v) is 11.5. The molecule has 1 atom stereocenters. The number of halogens is 2. The van der Waals surface area contributed by atoms with Gasteiger partial charge >= 0.3 is 0 Å². The predicted molar refractivity (Wildman–Crippen MR) is 147 cm³/mol. The predicted octanol–water partition coefficient (Wildman–Crippen LogP) is 4.83. The average Bonchev–Trinajstić information content (AvgIpc) is 2.87. The van der Waals surface area contributed by atoms with Crippen molar-refractivity contribution >= 4 is 34.0 Å². The smallest absolute Gasteiger partial charge is 0.242 e. The van der Waals surface area contributed by atoms with Gasteiger partial charge in [-0.15, -0.1) is 12.4 Å². The number of benzene rings is 2. The minimum Gasteiger partial charge on any atom is -0.492 e. The van der Waals surface area contributed by atoms with E-state index in [-0.39, 0.29) is 41.9 Å². The van der Waals surface area contributed by atoms with E-state index in [1.165, 1.54) is 48.6 Å². The van der Waals surface area contributed by atoms with E-state index in [1.807, 2.05) is 18.2 Å². The van der Waals surface area contributed by atoms with Crippen molar-refractivity contribution in [2.24, 2.45) is 0 Å². The summed E-state index contributed by atoms with van der Waals surface area (Å²) < 4.78 is 38.6. The summed E-state index contributed by atoms with van der Waals surface area (Å²) in [5.41, 5.74) is 3.95. The molecular weight excluding hydrogens is 533 g/mol. The fraction of sp³-hybridized carbons (Fsp3) is 0.370. The lowest BCUT2D eigenvalue weighted by Crippen LogP contribution is -2.49. The van der Waals surface area contributed by atoms with E-state index < -0.39 is 10.0 Å². The first-order valence-corrected chi connectivity index (χ1v) is 14.0. The summed E-state index contributed by atoms with van der Waals surface area (Å²) in [6.45, 7) is 1.29. The van der Waals surface area contributed by atoms with Gasteiger partial charge in [0.2, 0.25) is 15.9 Å². The third kappa shape index (κ3) is 5.73. The van der Waals surface area contributed by atoms with E-state index >= 15 is 0 Å². The van der Waals surface area contributed by atoms with E-state index in [0.29, 0.717) is 5.88 Å². The van der Waals surface area contributed by atoms with E-state index in [0.717, 1.165) is 36.6 Å². The summed E-state index contributed by atoms with van der Waals surface area (Å²) in [5.74, 6) is 1.09. The summed E-state index contributed by atoms with van der Waals surface area (Å²) in [6.07, 6.45) is 5.70. The van der Waals surface area contributed by atoms with Gasteiger partial charge in [-0.3, -0.25) is 0 Å². The minimum absolute atomic E-state index is 0. The summed E-state index contributed by atoms with van der Waals surface area (Å²) in [5, 5.41) is 4.53. The summed E-state index contributed by atoms with van der Waals surface area (Å²) in [4.78, 5) is 4.04. The summed E-state index contributed by atoms with van der Waals surface area (Å²) >= 11 is 6.16. The zero-order valence-electron chi connectivity index (χ0n) is 20.6. The van der Waals surface area contributed by atoms with E-state index in [2.05, 4.69) is 39.3 Å². The number of sulfonamides is 1. The van der Waals surface area contributed by atoms with Crippen LogP contribution in [0.25, 0.3) is 0 Å². The number of ether oxygens (including phenoxy) is 2. The fourth-order valence-corrected chi connectivity index (χ4v) is 6.35. The Balaban J connectivity index is 0.00000320. The molecule has 1 aliphatic heterocycles. The number of nitrogens with zero attached hydrogens (tertiary/aromatic N) is 1. The Bertz CT molecular complexity index is 1310. The maximum atomic E-state index is 12.5. The Morgan fingerprint density at radius 1 is 1.14 bits per heavy atom. The number of pyridine rings is 1. The van der Waals surface area contributed by atoms with Crippen molar-refractivity contribution in [2.75, 3.05) is 26.8 Å². The van der Waals surface area contributed by atoms with Crippen LogP contribution in [0.3, 0.4) is 0 Å². The molecule has 10 heteroatoms. The Morgan fingerprint density at radius 3 is 2.57 bits per heavy atom. The lowest BCUT2D eigenvalue weighted by Gasteiger charge is -2.50. The molecule has 3 aromatic rings. The molecular formula is C27H31Cl2N3O4S. The van der Waals surface area contributed by atoms with Crippen molar-refractivity contribution < 1.29 is 17.9 Å². The molecule has 2 heterocycles. The fourth-order valence-electron chi connectivity index (χ4n) is 5.27. The largest absolute Gasteiger partial charge is 0.492 e. The summed E-state index contributed by atoms with van der Waals surface area (Å²) in [6, 6.07) is 17.7. The van der Waals surface area contributed by atoms with Crippen LogP contribution < -0.4 is 19.5 Å². The van der Waals surface area contributed by atoms with Gasteiger partial charge in [-0.05, 0) is 72.8 Å². The lowest BCUT2D eigenvalue weighted by molar-refractivity contribution is 0.164. The normalized spacial score (nSPS) is 18.2. The number of fused-ring (bicyclic) bond motifs is 1. The monoisotopic (exact) mass is 563 g/mol. The number of hydrogen-bond acceptors (Lipinski definition) is 6. The molecule has 0 bridgehead atoms. The zero-order valence-corrected chi connectivity index (χ0v) is 23.0. The van der Waals surface area contributed by atoms with Crippen LogP contribution in [0.1, 0.15) is 42.0 Å². The molecule has 0 saturated heterocycles. The van der Waals surface area contributed by atoms with Crippen LogP contribution in [0, 0.1) is 0 Å². The van der Waals surface area contributed by atoms with Crippen LogP contribution in [0.15, 0.2) is 65.7 Å². The highest BCUT2D eigenvalue weighted by Gasteiger charge is 2.47. The molecule has 2 N–H and O–H groups in total. The van der Waals surface area contributed by atoms with Crippen molar-refractivity contribution in [1.82, 2.24) is 15.0 Å². The molecule has 1 saturated carbocycles. The highest BCUT2D eigenvalue weighted by molar-refractivity contribution is 7.89. The first kappa shape index (κ1) is 27.7. The molecule has 2 aromatic carbocycles. The van der Waals surface area contributed by atoms with Gasteiger partial charge < -0.3 is 14.8 Å². The number of methoxy groups -OCH3 is 1. The van der Waals surface area contributed by atoms with Gasteiger partial charge in [0, 0.05) is 29.1 Å². The Kier molecular flexibility index (Phi) is 8.66. The van der Waals surface area contributed by atoms with Crippen molar-refractivity contribution in [3.05, 3.63) is 82.5 Å². The average molecular weight is 565 g/mol. The second kappa shape index (κ2) is 11.6. The van der Waals surface area contributed by atoms with Gasteiger partial charge in [0.25, 0.3) is 0 Å². The lowest BCUT2D eigenvalue weighted by atomic mass is 9.58. The van der Waals surface area contributed by atoms with Gasteiger partial charge in [-0.2, -0.15) is 0 Å². The quantitative estimate of drug-likeness (QED) is 0.362. The molecule has 2 aliphatic rings. The molecule has 0 amide bonds. The van der Waals surface area contributed by atoms with Crippen LogP contribution in [-0.2, 0) is 21.9 Å². The van der Waals surface area contributed by atoms with Gasteiger partial charge in [-0.25, -0.2) is 18.1 Å². The third-order valence-corrected chi connectivity index (χ3v) is 8.98. The third-order valence-electron chi connectivity index (χ3n) is 7.28. The van der Waals surface area contributed by atoms with Crippen molar-refractivity contribution in [3.63, 3.8) is 0 Å². The highest BCUT2D eigenvalue weighted by Crippen LogP contribution is 2.53. The SMILES string of the molecule is COc1ccc(S(=O)(=O)NCCOc2ccc3c(c2)C(C2(c4ccc(Cl)cc4)CCC2)NCC3)cn1.Cl. The minimum atomic E-state index is -3.68. The van der Waals surface area contributed by atoms with E-state index in [4.69, 9.17) is 21.1 Å². The van der Waals surface area contributed by atoms with Crippen LogP contribution >= 0.6 is 24.0 Å². The van der Waals surface area contributed by atoms with Gasteiger partial charge in [0.1, 0.15) is 17.3 Å². The molecule has 7 nitrogen and oxygen atoms in total. The molecule has 1 aliphatic carbocycles. The molecule has 1 fully saturated rings. The molecule has 5 rings (SSSR count). The maximum Gasteiger partial charge on any atom is 0.242 e. The van der Waals surface area contributed by atoms with E-state index in [1.54, 1.807) is 0 Å². The van der Waals surface area contributed by atoms with Crippen LogP contribution in [0.2, 0.25) is 5.02 Å². The van der Waals surface area contributed by atoms with Gasteiger partial charge in [-0.1, -0.05) is 36.2 Å². The number of hydrogen-bond donors (Lipinski definition) is 2. The Morgan fingerprint density at radius 2 is 1.92 bits per heavy atom. The Labute approximate surface area is 229 Å². The van der Waals surface area contributed by atoms with Crippen molar-refractivity contribution in [3.8, 4) is 11.6 Å². The molecule has 37 heavy (non-hydrogen) atoms. The van der Waals surface area contributed by atoms with Crippen LogP contribution in [-0.4, -0.2) is 40.2 Å². The standard InChI is InChI=1S/C27H30ClN3O4S.ClH/c1-34-25-10-9-23(18-30-25)36(32,33)31-15-16-35-22-8-3-19-11-14-29-26(24(19)17-22)27(12-2-13-27)20-4-6-21(28)7-5-20;/h3-10,17-18,26,29,31H,2,11-16H2,1H3;1H. The molecule has 1 unspecified atom stereocenters. The van der Waals surface area contributed by atoms with Crippen molar-refractivity contribution in [2.45, 2.75) is 42.0 Å². The molecule has 0 spiro atoms. The second-order valence-electron chi connectivity index (χ2n) is 9.30. The Hall–Kier alpha value is -2.36. The molecule has 0 radical (unpaired) electrons. The van der Waals surface area contributed by atoms with Crippen LogP contribution in [0.4, 0.5) is 0 Å². The maximum absolute atomic E-state index is 12.5. The first-order valence-electron chi connectivity index (χ1n) is 12.2. The topological polar surface area (TPSA) is 89.6 Å². The van der Waals surface area contributed by atoms with E-state index in [9.17, 15) is 8.42 Å². The number of nitrogens with one attached hydrogen (secondary N) is 2. The molecule has 1 aromatic heterocycles. The zero-order chi connectivity index (χ0) is 25.2. The molecule has 198 valence electrons. The summed E-state index contributed by atoms with van der Waals surface area (Å²) in [7, 11) is -2.20. The number of rotatable bonds is 9. The van der Waals surface area contributed by atoms with Gasteiger partial charge in [0.15, 0.2) is 0 Å². The van der Waals surface area contributed by atoms with Crippen LogP contribution in [0.5, 0.6) is 11.6 Å². The highest BCUT2D eigenvalue weighted by atomic mass is 35.5.